The molecule has 0 unspecified atom stereocenters. The van der Waals surface area contributed by atoms with Gasteiger partial charge in [0.15, 0.2) is 5.65 Å². The number of nitrogens with zero attached hydrogens (tertiary/aromatic N) is 5. The Labute approximate surface area is 123 Å². The van der Waals surface area contributed by atoms with E-state index >= 15 is 0 Å². The third-order valence-electron chi connectivity index (χ3n) is 3.11. The molecule has 0 saturated heterocycles. The van der Waals surface area contributed by atoms with Crippen molar-refractivity contribution in [3.8, 4) is 0 Å². The van der Waals surface area contributed by atoms with Gasteiger partial charge in [0.25, 0.3) is 0 Å². The standard InChI is InChI=1S/C16H17N5/c1-16(2,3)21-11-14(19-20-21)9-8-13-7-6-12-5-4-10-17-15(12)18-13/h4-11H,1-3H3/b9-8+. The van der Waals surface area contributed by atoms with Gasteiger partial charge in [-0.05, 0) is 57.2 Å². The maximum absolute atomic E-state index is 4.49. The van der Waals surface area contributed by atoms with Gasteiger partial charge in [-0.1, -0.05) is 5.21 Å². The monoisotopic (exact) mass is 279 g/mol. The molecule has 5 heteroatoms. The Morgan fingerprint density at radius 1 is 1.05 bits per heavy atom. The van der Waals surface area contributed by atoms with Crippen LogP contribution in [0.1, 0.15) is 32.2 Å². The molecule has 0 aromatic carbocycles. The van der Waals surface area contributed by atoms with Gasteiger partial charge in [-0.15, -0.1) is 5.10 Å². The summed E-state index contributed by atoms with van der Waals surface area (Å²) in [6, 6.07) is 7.89. The van der Waals surface area contributed by atoms with Gasteiger partial charge in [-0.25, -0.2) is 14.6 Å². The smallest absolute Gasteiger partial charge is 0.159 e. The molecule has 106 valence electrons. The van der Waals surface area contributed by atoms with Crippen LogP contribution >= 0.6 is 0 Å². The Hall–Kier alpha value is -2.56. The van der Waals surface area contributed by atoms with E-state index in [1.807, 2.05) is 47.3 Å². The van der Waals surface area contributed by atoms with Crippen molar-refractivity contribution in [2.75, 3.05) is 0 Å². The maximum atomic E-state index is 4.49. The SMILES string of the molecule is CC(C)(C)n1cc(/C=C/c2ccc3cccnc3n2)nn1. The van der Waals surface area contributed by atoms with E-state index in [0.717, 1.165) is 22.4 Å². The van der Waals surface area contributed by atoms with Crippen molar-refractivity contribution in [3.63, 3.8) is 0 Å². The fourth-order valence-corrected chi connectivity index (χ4v) is 1.91. The molecule has 0 bridgehead atoms. The van der Waals surface area contributed by atoms with Gasteiger partial charge in [0.1, 0.15) is 5.69 Å². The molecular weight excluding hydrogens is 262 g/mol. The summed E-state index contributed by atoms with van der Waals surface area (Å²) in [5, 5.41) is 9.31. The molecule has 0 aliphatic carbocycles. The second-order valence-electron chi connectivity index (χ2n) is 5.88. The predicted octanol–water partition coefficient (Wildman–Crippen LogP) is 3.15. The van der Waals surface area contributed by atoms with E-state index in [1.165, 1.54) is 0 Å². The molecule has 0 fully saturated rings. The lowest BCUT2D eigenvalue weighted by Crippen LogP contribution is -2.22. The lowest BCUT2D eigenvalue weighted by Gasteiger charge is -2.17. The van der Waals surface area contributed by atoms with E-state index in [9.17, 15) is 0 Å². The zero-order valence-corrected chi connectivity index (χ0v) is 12.4. The first-order valence-electron chi connectivity index (χ1n) is 6.85. The fraction of sp³-hybridized carbons (Fsp3) is 0.250. The van der Waals surface area contributed by atoms with E-state index in [2.05, 4.69) is 41.1 Å². The highest BCUT2D eigenvalue weighted by atomic mass is 15.4. The Balaban J connectivity index is 1.85. The lowest BCUT2D eigenvalue weighted by atomic mass is 10.1. The molecule has 3 rings (SSSR count). The summed E-state index contributed by atoms with van der Waals surface area (Å²) in [6.45, 7) is 6.27. The molecule has 21 heavy (non-hydrogen) atoms. The third-order valence-corrected chi connectivity index (χ3v) is 3.11. The Morgan fingerprint density at radius 2 is 1.86 bits per heavy atom. The van der Waals surface area contributed by atoms with Crippen molar-refractivity contribution >= 4 is 23.2 Å². The first kappa shape index (κ1) is 13.4. The van der Waals surface area contributed by atoms with Crippen molar-refractivity contribution in [3.05, 3.63) is 48.0 Å². The highest BCUT2D eigenvalue weighted by molar-refractivity contribution is 5.77. The van der Waals surface area contributed by atoms with Gasteiger partial charge in [0.2, 0.25) is 0 Å². The summed E-state index contributed by atoms with van der Waals surface area (Å²) in [5.41, 5.74) is 2.35. The van der Waals surface area contributed by atoms with Crippen LogP contribution < -0.4 is 0 Å². The average Bonchev–Trinajstić information content (AvgIpc) is 2.94. The highest BCUT2D eigenvalue weighted by Gasteiger charge is 2.14. The second kappa shape index (κ2) is 5.09. The van der Waals surface area contributed by atoms with Gasteiger partial charge in [-0.3, -0.25) is 0 Å². The van der Waals surface area contributed by atoms with Crippen LogP contribution in [-0.2, 0) is 5.54 Å². The minimum Gasteiger partial charge on any atom is -0.247 e. The van der Waals surface area contributed by atoms with E-state index in [4.69, 9.17) is 0 Å². The van der Waals surface area contributed by atoms with Crippen LogP contribution in [0.2, 0.25) is 0 Å². The summed E-state index contributed by atoms with van der Waals surface area (Å²) in [5.74, 6) is 0. The zero-order valence-electron chi connectivity index (χ0n) is 12.4. The third kappa shape index (κ3) is 2.97. The largest absolute Gasteiger partial charge is 0.247 e. The highest BCUT2D eigenvalue weighted by Crippen LogP contribution is 2.14. The molecule has 0 aliphatic rings. The topological polar surface area (TPSA) is 56.5 Å². The van der Waals surface area contributed by atoms with E-state index < -0.39 is 0 Å². The number of aromatic nitrogens is 5. The molecule has 0 saturated carbocycles. The normalized spacial score (nSPS) is 12.3. The number of pyridine rings is 2. The number of rotatable bonds is 2. The maximum Gasteiger partial charge on any atom is 0.159 e. The van der Waals surface area contributed by atoms with Crippen LogP contribution in [0.25, 0.3) is 23.2 Å². The summed E-state index contributed by atoms with van der Waals surface area (Å²) in [7, 11) is 0. The summed E-state index contributed by atoms with van der Waals surface area (Å²) >= 11 is 0. The van der Waals surface area contributed by atoms with Crippen LogP contribution in [0.3, 0.4) is 0 Å². The summed E-state index contributed by atoms with van der Waals surface area (Å²) in [4.78, 5) is 8.75. The van der Waals surface area contributed by atoms with E-state index in [1.54, 1.807) is 6.20 Å². The zero-order chi connectivity index (χ0) is 14.9. The molecule has 0 aliphatic heterocycles. The Bertz CT molecular complexity index is 796. The van der Waals surface area contributed by atoms with Gasteiger partial charge in [-0.2, -0.15) is 0 Å². The average molecular weight is 279 g/mol. The quantitative estimate of drug-likeness (QED) is 0.723. The van der Waals surface area contributed by atoms with E-state index in [0.29, 0.717) is 0 Å². The van der Waals surface area contributed by atoms with Gasteiger partial charge in [0.05, 0.1) is 17.4 Å². The van der Waals surface area contributed by atoms with Crippen molar-refractivity contribution < 1.29 is 0 Å². The summed E-state index contributed by atoms with van der Waals surface area (Å²) < 4.78 is 1.85. The molecular formula is C16H17N5. The molecule has 5 nitrogen and oxygen atoms in total. The van der Waals surface area contributed by atoms with E-state index in [-0.39, 0.29) is 5.54 Å². The molecule has 3 aromatic rings. The first-order valence-corrected chi connectivity index (χ1v) is 6.85. The lowest BCUT2D eigenvalue weighted by molar-refractivity contribution is 0.347. The Kier molecular flexibility index (Phi) is 3.25. The van der Waals surface area contributed by atoms with Crippen LogP contribution in [0.4, 0.5) is 0 Å². The molecule has 0 spiro atoms. The minimum atomic E-state index is -0.0653. The van der Waals surface area contributed by atoms with Crippen LogP contribution in [0, 0.1) is 0 Å². The molecule has 0 atom stereocenters. The van der Waals surface area contributed by atoms with Crippen LogP contribution in [0.5, 0.6) is 0 Å². The van der Waals surface area contributed by atoms with Crippen molar-refractivity contribution in [2.24, 2.45) is 0 Å². The number of fused-ring (bicyclic) bond motifs is 1. The molecule has 0 radical (unpaired) electrons. The molecule has 3 aromatic heterocycles. The first-order chi connectivity index (χ1) is 10.0. The summed E-state index contributed by atoms with van der Waals surface area (Å²) in [6.07, 6.45) is 7.50. The van der Waals surface area contributed by atoms with Crippen molar-refractivity contribution in [2.45, 2.75) is 26.3 Å². The molecule has 0 N–H and O–H groups in total. The van der Waals surface area contributed by atoms with Crippen molar-refractivity contribution in [1.82, 2.24) is 25.0 Å². The molecule has 3 heterocycles. The number of hydrogen-bond acceptors (Lipinski definition) is 4. The predicted molar refractivity (Wildman–Crippen MR) is 83.5 cm³/mol. The van der Waals surface area contributed by atoms with Crippen molar-refractivity contribution in [1.29, 1.82) is 0 Å². The van der Waals surface area contributed by atoms with Crippen LogP contribution in [-0.4, -0.2) is 25.0 Å². The van der Waals surface area contributed by atoms with Gasteiger partial charge in [0, 0.05) is 11.6 Å². The van der Waals surface area contributed by atoms with Crippen LogP contribution in [0.15, 0.2) is 36.7 Å². The van der Waals surface area contributed by atoms with Gasteiger partial charge >= 0.3 is 0 Å². The minimum absolute atomic E-state index is 0.0653. The fourth-order valence-electron chi connectivity index (χ4n) is 1.91. The van der Waals surface area contributed by atoms with Gasteiger partial charge < -0.3 is 0 Å². The number of hydrogen-bond donors (Lipinski definition) is 0. The molecule has 0 amide bonds. The Morgan fingerprint density at radius 3 is 2.62 bits per heavy atom. The second-order valence-corrected chi connectivity index (χ2v) is 5.88.